The average Bonchev–Trinajstić information content (AvgIpc) is 2.67. The Bertz CT molecular complexity index is 751. The van der Waals surface area contributed by atoms with E-state index < -0.39 is 11.7 Å². The lowest BCUT2D eigenvalue weighted by Gasteiger charge is -2.19. The predicted molar refractivity (Wildman–Crippen MR) is 80.4 cm³/mol. The van der Waals surface area contributed by atoms with Gasteiger partial charge in [-0.2, -0.15) is 5.26 Å². The van der Waals surface area contributed by atoms with Crippen molar-refractivity contribution in [1.82, 2.24) is 9.55 Å². The van der Waals surface area contributed by atoms with Crippen LogP contribution in [0, 0.1) is 18.3 Å². The van der Waals surface area contributed by atoms with Crippen LogP contribution in [0.4, 0.5) is 4.79 Å². The molecule has 0 spiro atoms. The van der Waals surface area contributed by atoms with Gasteiger partial charge >= 0.3 is 6.09 Å². The summed E-state index contributed by atoms with van der Waals surface area (Å²) in [7, 11) is 0. The molecule has 2 aromatic rings. The Balaban J connectivity index is 2.61. The summed E-state index contributed by atoms with van der Waals surface area (Å²) in [6, 6.07) is 3.74. The van der Waals surface area contributed by atoms with Crippen molar-refractivity contribution in [3.8, 4) is 6.07 Å². The number of rotatable bonds is 1. The Morgan fingerprint density at radius 3 is 2.76 bits per heavy atom. The maximum Gasteiger partial charge on any atom is 0.419 e. The summed E-state index contributed by atoms with van der Waals surface area (Å²) in [5.41, 5.74) is 1.88. The molecule has 5 nitrogen and oxygen atoms in total. The number of halogens is 1. The highest BCUT2D eigenvalue weighted by Gasteiger charge is 2.21. The minimum Gasteiger partial charge on any atom is -0.443 e. The molecule has 0 N–H and O–H groups in total. The van der Waals surface area contributed by atoms with Gasteiger partial charge in [-0.25, -0.2) is 9.78 Å². The molecule has 0 unspecified atom stereocenters. The molecule has 110 valence electrons. The van der Waals surface area contributed by atoms with Crippen molar-refractivity contribution in [3.05, 3.63) is 28.5 Å². The number of hydrogen-bond acceptors (Lipinski definition) is 4. The first-order valence-electron chi connectivity index (χ1n) is 6.50. The zero-order valence-electron chi connectivity index (χ0n) is 12.4. The maximum absolute atomic E-state index is 12.3. The van der Waals surface area contributed by atoms with Crippen LogP contribution >= 0.6 is 11.6 Å². The molecule has 6 heteroatoms. The Labute approximate surface area is 128 Å². The van der Waals surface area contributed by atoms with Crippen LogP contribution in [0.1, 0.15) is 32.0 Å². The van der Waals surface area contributed by atoms with Crippen LogP contribution in [0.3, 0.4) is 0 Å². The number of nitrogens with zero attached hydrogens (tertiary/aromatic N) is 3. The molecule has 0 amide bonds. The van der Waals surface area contributed by atoms with Gasteiger partial charge in [-0.3, -0.25) is 4.57 Å². The summed E-state index contributed by atoms with van der Waals surface area (Å²) in [5.74, 6) is 0. The van der Waals surface area contributed by atoms with Gasteiger partial charge < -0.3 is 4.74 Å². The smallest absolute Gasteiger partial charge is 0.419 e. The molecule has 0 aliphatic rings. The minimum atomic E-state index is -0.606. The zero-order chi connectivity index (χ0) is 15.8. The van der Waals surface area contributed by atoms with Gasteiger partial charge in [0.1, 0.15) is 5.60 Å². The van der Waals surface area contributed by atoms with E-state index in [2.05, 4.69) is 11.1 Å². The molecular formula is C15H16ClN3O2. The normalized spacial score (nSPS) is 11.4. The van der Waals surface area contributed by atoms with Gasteiger partial charge in [-0.15, -0.1) is 0 Å². The first-order valence-corrected chi connectivity index (χ1v) is 6.88. The second-order valence-corrected chi connectivity index (χ2v) is 6.17. The Kier molecular flexibility index (Phi) is 3.93. The van der Waals surface area contributed by atoms with Crippen LogP contribution < -0.4 is 0 Å². The number of ether oxygens (including phenoxy) is 1. The number of fused-ring (bicyclic) bond motifs is 1. The van der Waals surface area contributed by atoms with E-state index in [-0.39, 0.29) is 6.42 Å². The molecule has 0 atom stereocenters. The molecule has 0 saturated heterocycles. The summed E-state index contributed by atoms with van der Waals surface area (Å²) in [6.45, 7) is 7.16. The molecule has 21 heavy (non-hydrogen) atoms. The van der Waals surface area contributed by atoms with E-state index in [1.807, 2.05) is 0 Å². The second-order valence-electron chi connectivity index (χ2n) is 5.76. The SMILES string of the molecule is Cc1nc2c(CC#N)cn(C(=O)OC(C)(C)C)c2cc1Cl. The number of carbonyl (C=O) groups excluding carboxylic acids is 1. The summed E-state index contributed by atoms with van der Waals surface area (Å²) >= 11 is 6.09. The second kappa shape index (κ2) is 5.38. The van der Waals surface area contributed by atoms with Gasteiger partial charge in [0.2, 0.25) is 0 Å². The molecule has 0 saturated carbocycles. The fourth-order valence-electron chi connectivity index (χ4n) is 1.95. The molecule has 0 aromatic carbocycles. The van der Waals surface area contributed by atoms with Crippen LogP contribution in [0.15, 0.2) is 12.3 Å². The average molecular weight is 306 g/mol. The highest BCUT2D eigenvalue weighted by atomic mass is 35.5. The Hall–Kier alpha value is -2.06. The van der Waals surface area contributed by atoms with Gasteiger partial charge in [-0.1, -0.05) is 11.6 Å². The third-order valence-electron chi connectivity index (χ3n) is 2.84. The van der Waals surface area contributed by atoms with E-state index in [0.29, 0.717) is 27.3 Å². The third kappa shape index (κ3) is 3.17. The third-order valence-corrected chi connectivity index (χ3v) is 3.22. The minimum absolute atomic E-state index is 0.167. The van der Waals surface area contributed by atoms with Gasteiger partial charge in [-0.05, 0) is 33.8 Å². The number of pyridine rings is 1. The highest BCUT2D eigenvalue weighted by Crippen LogP contribution is 2.26. The molecule has 0 aliphatic heterocycles. The standard InChI is InChI=1S/C15H16ClN3O2/c1-9-11(16)7-12-13(18-9)10(5-6-17)8-19(12)14(20)21-15(2,3)4/h7-8H,5H2,1-4H3. The molecule has 0 fully saturated rings. The fourth-order valence-corrected chi connectivity index (χ4v) is 2.10. The monoisotopic (exact) mass is 305 g/mol. The van der Waals surface area contributed by atoms with Gasteiger partial charge in [0.15, 0.2) is 0 Å². The summed E-state index contributed by atoms with van der Waals surface area (Å²) < 4.78 is 6.72. The van der Waals surface area contributed by atoms with Gasteiger partial charge in [0.05, 0.1) is 34.2 Å². The predicted octanol–water partition coefficient (Wildman–Crippen LogP) is 3.85. The fraction of sp³-hybridized carbons (Fsp3) is 0.400. The molecule has 2 aromatic heterocycles. The van der Waals surface area contributed by atoms with Crippen molar-refractivity contribution in [2.75, 3.05) is 0 Å². The number of aromatic nitrogens is 2. The van der Waals surface area contributed by atoms with Crippen LogP contribution in [0.5, 0.6) is 0 Å². The number of aryl methyl sites for hydroxylation is 1. The van der Waals surface area contributed by atoms with E-state index >= 15 is 0 Å². The Morgan fingerprint density at radius 1 is 1.52 bits per heavy atom. The van der Waals surface area contributed by atoms with E-state index in [1.54, 1.807) is 40.0 Å². The number of carbonyl (C=O) groups is 1. The van der Waals surface area contributed by atoms with Crippen LogP contribution in [0.2, 0.25) is 5.02 Å². The molecule has 0 radical (unpaired) electrons. The quantitative estimate of drug-likeness (QED) is 0.802. The van der Waals surface area contributed by atoms with Crippen molar-refractivity contribution in [1.29, 1.82) is 5.26 Å². The molecular weight excluding hydrogens is 290 g/mol. The van der Waals surface area contributed by atoms with Gasteiger partial charge in [0, 0.05) is 11.8 Å². The van der Waals surface area contributed by atoms with Crippen molar-refractivity contribution < 1.29 is 9.53 Å². The summed E-state index contributed by atoms with van der Waals surface area (Å²) in [6.07, 6.45) is 1.24. The van der Waals surface area contributed by atoms with Crippen LogP contribution in [-0.4, -0.2) is 21.2 Å². The lowest BCUT2D eigenvalue weighted by molar-refractivity contribution is 0.0544. The number of hydrogen-bond donors (Lipinski definition) is 0. The topological polar surface area (TPSA) is 67.9 Å². The first kappa shape index (κ1) is 15.3. The number of nitriles is 1. The van der Waals surface area contributed by atoms with Crippen molar-refractivity contribution >= 4 is 28.7 Å². The van der Waals surface area contributed by atoms with E-state index in [1.165, 1.54) is 4.57 Å². The summed E-state index contributed by atoms with van der Waals surface area (Å²) in [5, 5.41) is 9.37. The Morgan fingerprint density at radius 2 is 2.19 bits per heavy atom. The molecule has 0 bridgehead atoms. The first-order chi connectivity index (χ1) is 9.73. The zero-order valence-corrected chi connectivity index (χ0v) is 13.2. The molecule has 2 heterocycles. The van der Waals surface area contributed by atoms with Crippen molar-refractivity contribution in [3.63, 3.8) is 0 Å². The summed E-state index contributed by atoms with van der Waals surface area (Å²) in [4.78, 5) is 16.7. The van der Waals surface area contributed by atoms with Crippen LogP contribution in [-0.2, 0) is 11.2 Å². The highest BCUT2D eigenvalue weighted by molar-refractivity contribution is 6.31. The van der Waals surface area contributed by atoms with Crippen molar-refractivity contribution in [2.45, 2.75) is 39.7 Å². The van der Waals surface area contributed by atoms with Crippen molar-refractivity contribution in [2.24, 2.45) is 0 Å². The van der Waals surface area contributed by atoms with E-state index in [9.17, 15) is 4.79 Å². The molecule has 0 aliphatic carbocycles. The largest absolute Gasteiger partial charge is 0.443 e. The lowest BCUT2D eigenvalue weighted by atomic mass is 10.2. The van der Waals surface area contributed by atoms with Gasteiger partial charge in [0.25, 0.3) is 0 Å². The molecule has 2 rings (SSSR count). The van der Waals surface area contributed by atoms with E-state index in [0.717, 1.165) is 0 Å². The van der Waals surface area contributed by atoms with E-state index in [4.69, 9.17) is 21.6 Å². The van der Waals surface area contributed by atoms with Crippen LogP contribution in [0.25, 0.3) is 11.0 Å². The maximum atomic E-state index is 12.3. The lowest BCUT2D eigenvalue weighted by Crippen LogP contribution is -2.26.